The molecule has 0 fully saturated rings. The number of aliphatic hydroxyl groups excluding tert-OH is 1. The number of hydrogen-bond donors (Lipinski definition) is 1. The van der Waals surface area contributed by atoms with E-state index in [0.717, 1.165) is 0 Å². The van der Waals surface area contributed by atoms with Gasteiger partial charge in [-0.1, -0.05) is 0 Å². The third kappa shape index (κ3) is 6.48. The first kappa shape index (κ1) is 7.48. The molecule has 0 aromatic rings. The molecule has 3 heteroatoms. The van der Waals surface area contributed by atoms with Crippen molar-refractivity contribution in [3.8, 4) is 0 Å². The van der Waals surface area contributed by atoms with Crippen molar-refractivity contribution in [1.29, 1.82) is 0 Å². The van der Waals surface area contributed by atoms with Gasteiger partial charge in [-0.15, -0.1) is 0 Å². The molecular formula is C4H11AsO2. The van der Waals surface area contributed by atoms with E-state index in [4.69, 9.17) is 9.84 Å². The third-order valence-electron chi connectivity index (χ3n) is 0.412. The first-order chi connectivity index (χ1) is 3.13. The van der Waals surface area contributed by atoms with E-state index in [-0.39, 0.29) is 4.89 Å². The van der Waals surface area contributed by atoms with Crippen LogP contribution in [0.4, 0.5) is 0 Å². The predicted molar refractivity (Wildman–Crippen MR) is 30.8 cm³/mol. The summed E-state index contributed by atoms with van der Waals surface area (Å²) in [4.78, 5) is 0.187. The second-order valence-corrected chi connectivity index (χ2v) is 3.41. The van der Waals surface area contributed by atoms with Crippen LogP contribution in [-0.4, -0.2) is 33.1 Å². The average molecular weight is 166 g/mol. The summed E-state index contributed by atoms with van der Waals surface area (Å²) >= 11 is 1.48. The Labute approximate surface area is 52.4 Å². The second-order valence-electron chi connectivity index (χ2n) is 1.44. The molecule has 44 valence electrons. The number of ether oxygens (including phenoxy) is 1. The van der Waals surface area contributed by atoms with Crippen molar-refractivity contribution in [3.63, 3.8) is 0 Å². The van der Waals surface area contributed by atoms with Gasteiger partial charge in [0.2, 0.25) is 0 Å². The summed E-state index contributed by atoms with van der Waals surface area (Å²) in [6.07, 6.45) is -0.609. The van der Waals surface area contributed by atoms with E-state index in [0.29, 0.717) is 0 Å². The van der Waals surface area contributed by atoms with Gasteiger partial charge in [-0.2, -0.15) is 0 Å². The minimum absolute atomic E-state index is 0.187. The maximum atomic E-state index is 8.51. The molecule has 0 amide bonds. The summed E-state index contributed by atoms with van der Waals surface area (Å²) in [5, 5.41) is 8.51. The molecule has 0 saturated heterocycles. The molecule has 0 aromatic carbocycles. The standard InChI is InChI=1S/C4H11AsO2/c1-3(5)7-4(2)6/h3-4,6H,5H2,1-2H3. The van der Waals surface area contributed by atoms with Crippen LogP contribution >= 0.6 is 0 Å². The van der Waals surface area contributed by atoms with Gasteiger partial charge in [0, 0.05) is 0 Å². The molecule has 0 aliphatic heterocycles. The van der Waals surface area contributed by atoms with Crippen molar-refractivity contribution in [3.05, 3.63) is 0 Å². The van der Waals surface area contributed by atoms with Gasteiger partial charge < -0.3 is 0 Å². The Kier molecular flexibility index (Phi) is 3.71. The van der Waals surface area contributed by atoms with E-state index in [1.807, 2.05) is 6.92 Å². The zero-order valence-corrected chi connectivity index (χ0v) is 7.01. The molecule has 0 bridgehead atoms. The van der Waals surface area contributed by atoms with Gasteiger partial charge in [0.05, 0.1) is 0 Å². The van der Waals surface area contributed by atoms with Crippen LogP contribution in [0, 0.1) is 0 Å². The molecule has 3 atom stereocenters. The quantitative estimate of drug-likeness (QED) is 0.435. The number of hydrogen-bond acceptors (Lipinski definition) is 2. The van der Waals surface area contributed by atoms with E-state index in [1.54, 1.807) is 6.92 Å². The molecule has 7 heavy (non-hydrogen) atoms. The van der Waals surface area contributed by atoms with Gasteiger partial charge in [-0.3, -0.25) is 0 Å². The summed E-state index contributed by atoms with van der Waals surface area (Å²) in [5.74, 6) is 0. The number of rotatable bonds is 2. The zero-order valence-electron chi connectivity index (χ0n) is 4.59. The summed E-state index contributed by atoms with van der Waals surface area (Å²) in [6, 6.07) is 0. The van der Waals surface area contributed by atoms with Crippen molar-refractivity contribution in [1.82, 2.24) is 0 Å². The first-order valence-corrected chi connectivity index (χ1v) is 3.62. The Balaban J connectivity index is 2.95. The van der Waals surface area contributed by atoms with Crippen molar-refractivity contribution in [2.45, 2.75) is 25.0 Å². The Hall–Kier alpha value is 0.478. The Morgan fingerprint density at radius 1 is 1.57 bits per heavy atom. The third-order valence-corrected chi connectivity index (χ3v) is 0.741. The first-order valence-electron chi connectivity index (χ1n) is 2.22. The normalized spacial score (nSPS) is 18.9. The van der Waals surface area contributed by atoms with Crippen molar-refractivity contribution < 1.29 is 9.84 Å². The van der Waals surface area contributed by atoms with Gasteiger partial charge in [0.15, 0.2) is 0 Å². The van der Waals surface area contributed by atoms with Crippen molar-refractivity contribution in [2.75, 3.05) is 0 Å². The van der Waals surface area contributed by atoms with E-state index < -0.39 is 6.29 Å². The summed E-state index contributed by atoms with van der Waals surface area (Å²) in [7, 11) is 0. The van der Waals surface area contributed by atoms with E-state index in [1.165, 1.54) is 16.9 Å². The van der Waals surface area contributed by atoms with Crippen LogP contribution in [0.3, 0.4) is 0 Å². The molecule has 2 nitrogen and oxygen atoms in total. The number of aliphatic hydroxyl groups is 1. The van der Waals surface area contributed by atoms with Crippen LogP contribution in [-0.2, 0) is 4.74 Å². The molecule has 0 aromatic heterocycles. The van der Waals surface area contributed by atoms with Crippen LogP contribution < -0.4 is 0 Å². The molecule has 0 aliphatic rings. The van der Waals surface area contributed by atoms with Crippen molar-refractivity contribution in [2.24, 2.45) is 0 Å². The van der Waals surface area contributed by atoms with Crippen LogP contribution in [0.1, 0.15) is 13.8 Å². The maximum absolute atomic E-state index is 8.51. The predicted octanol–water partition coefficient (Wildman–Crippen LogP) is -0.680. The van der Waals surface area contributed by atoms with Crippen LogP contribution in [0.15, 0.2) is 0 Å². The molecule has 3 unspecified atom stereocenters. The van der Waals surface area contributed by atoms with Crippen LogP contribution in [0.25, 0.3) is 0 Å². The summed E-state index contributed by atoms with van der Waals surface area (Å²) in [5.41, 5.74) is 0. The fraction of sp³-hybridized carbons (Fsp3) is 1.00. The molecule has 0 rings (SSSR count). The van der Waals surface area contributed by atoms with Gasteiger partial charge in [0.1, 0.15) is 0 Å². The van der Waals surface area contributed by atoms with Crippen LogP contribution in [0.5, 0.6) is 0 Å². The van der Waals surface area contributed by atoms with Gasteiger partial charge >= 0.3 is 51.7 Å². The van der Waals surface area contributed by atoms with E-state index in [9.17, 15) is 0 Å². The Morgan fingerprint density at radius 3 is 2.00 bits per heavy atom. The Bertz CT molecular complexity index is 39.0. The van der Waals surface area contributed by atoms with Gasteiger partial charge in [-0.05, 0) is 0 Å². The molecule has 0 heterocycles. The topological polar surface area (TPSA) is 29.5 Å². The fourth-order valence-electron chi connectivity index (χ4n) is 0.311. The minimum atomic E-state index is -0.609. The summed E-state index contributed by atoms with van der Waals surface area (Å²) < 4.78 is 4.83. The van der Waals surface area contributed by atoms with E-state index >= 15 is 0 Å². The van der Waals surface area contributed by atoms with Crippen molar-refractivity contribution >= 4 is 16.9 Å². The van der Waals surface area contributed by atoms with Crippen LogP contribution in [0.2, 0.25) is 0 Å². The molecule has 0 spiro atoms. The van der Waals surface area contributed by atoms with Gasteiger partial charge in [-0.25, -0.2) is 0 Å². The molecule has 0 radical (unpaired) electrons. The molecule has 0 saturated carbocycles. The molecular weight excluding hydrogens is 155 g/mol. The summed E-state index contributed by atoms with van der Waals surface area (Å²) in [6.45, 7) is 3.52. The van der Waals surface area contributed by atoms with Gasteiger partial charge in [0.25, 0.3) is 0 Å². The Morgan fingerprint density at radius 2 is 2.00 bits per heavy atom. The zero-order chi connectivity index (χ0) is 5.86. The fourth-order valence-corrected chi connectivity index (χ4v) is 0.788. The SMILES string of the molecule is CC(O)OC(C)[AsH2]. The second kappa shape index (κ2) is 3.48. The van der Waals surface area contributed by atoms with E-state index in [2.05, 4.69) is 0 Å². The average Bonchev–Trinajstić information content (AvgIpc) is 1.27. The monoisotopic (exact) mass is 166 g/mol. The molecule has 1 N–H and O–H groups in total. The molecule has 0 aliphatic carbocycles.